The fourth-order valence-electron chi connectivity index (χ4n) is 0.269. The summed E-state index contributed by atoms with van der Waals surface area (Å²) in [5, 5.41) is 8.56. The molecule has 46 valence electrons. The number of hydrogen-bond donors (Lipinski definition) is 1. The van der Waals surface area contributed by atoms with Gasteiger partial charge in [-0.3, -0.25) is 0 Å². The lowest BCUT2D eigenvalue weighted by molar-refractivity contribution is 0.144. The zero-order valence-electron chi connectivity index (χ0n) is 4.55. The number of hydrogen-bond acceptors (Lipinski definition) is 1. The van der Waals surface area contributed by atoms with Gasteiger partial charge in [0.1, 0.15) is 12.3 Å². The summed E-state index contributed by atoms with van der Waals surface area (Å²) in [4.78, 5) is 0. The molecule has 0 saturated carbocycles. The van der Waals surface area contributed by atoms with Crippen molar-refractivity contribution in [3.05, 3.63) is 25.3 Å². The van der Waals surface area contributed by atoms with Crippen molar-refractivity contribution in [2.45, 2.75) is 12.3 Å². The summed E-state index contributed by atoms with van der Waals surface area (Å²) in [5.74, 6) is 0. The van der Waals surface area contributed by atoms with Crippen LogP contribution >= 0.6 is 0 Å². The summed E-state index contributed by atoms with van der Waals surface area (Å²) >= 11 is 0. The van der Waals surface area contributed by atoms with Crippen LogP contribution in [0.1, 0.15) is 0 Å². The molecular weight excluding hydrogens is 107 g/mol. The molecule has 0 heterocycles. The second kappa shape index (κ2) is 3.38. The van der Waals surface area contributed by atoms with Gasteiger partial charge in [-0.15, -0.1) is 13.2 Å². The van der Waals surface area contributed by atoms with Crippen LogP contribution in [0.4, 0.5) is 4.39 Å². The molecule has 2 atom stereocenters. The van der Waals surface area contributed by atoms with Crippen molar-refractivity contribution in [1.82, 2.24) is 0 Å². The fourth-order valence-corrected chi connectivity index (χ4v) is 0.269. The molecule has 0 aromatic heterocycles. The third-order valence-electron chi connectivity index (χ3n) is 0.793. The van der Waals surface area contributed by atoms with E-state index in [1.165, 1.54) is 0 Å². The van der Waals surface area contributed by atoms with Crippen molar-refractivity contribution >= 4 is 0 Å². The molecule has 0 aliphatic carbocycles. The third kappa shape index (κ3) is 1.89. The van der Waals surface area contributed by atoms with Crippen LogP contribution in [0, 0.1) is 0 Å². The molecule has 0 saturated heterocycles. The summed E-state index contributed by atoms with van der Waals surface area (Å²) in [6, 6.07) is 0. The van der Waals surface area contributed by atoms with Crippen LogP contribution in [0.25, 0.3) is 0 Å². The van der Waals surface area contributed by atoms with Crippen molar-refractivity contribution in [3.8, 4) is 0 Å². The third-order valence-corrected chi connectivity index (χ3v) is 0.793. The maximum Gasteiger partial charge on any atom is 0.147 e. The van der Waals surface area contributed by atoms with Gasteiger partial charge in [-0.05, 0) is 0 Å². The summed E-state index contributed by atoms with van der Waals surface area (Å²) < 4.78 is 12.1. The first-order valence-corrected chi connectivity index (χ1v) is 2.29. The Bertz CT molecular complexity index is 78.5. The minimum Gasteiger partial charge on any atom is -0.386 e. The number of alkyl halides is 1. The molecule has 2 heteroatoms. The number of rotatable bonds is 3. The topological polar surface area (TPSA) is 20.2 Å². The monoisotopic (exact) mass is 116 g/mol. The zero-order valence-corrected chi connectivity index (χ0v) is 4.55. The predicted octanol–water partition coefficient (Wildman–Crippen LogP) is 1.06. The van der Waals surface area contributed by atoms with Gasteiger partial charge in [-0.25, -0.2) is 4.39 Å². The van der Waals surface area contributed by atoms with Crippen molar-refractivity contribution in [2.75, 3.05) is 0 Å². The van der Waals surface area contributed by atoms with Gasteiger partial charge < -0.3 is 5.11 Å². The van der Waals surface area contributed by atoms with E-state index in [-0.39, 0.29) is 0 Å². The van der Waals surface area contributed by atoms with Crippen LogP contribution in [-0.2, 0) is 0 Å². The van der Waals surface area contributed by atoms with Gasteiger partial charge in [0, 0.05) is 0 Å². The van der Waals surface area contributed by atoms with Gasteiger partial charge >= 0.3 is 0 Å². The molecule has 0 aromatic rings. The van der Waals surface area contributed by atoms with E-state index in [4.69, 9.17) is 5.11 Å². The molecule has 0 fully saturated rings. The lowest BCUT2D eigenvalue weighted by Crippen LogP contribution is -2.15. The highest BCUT2D eigenvalue weighted by atomic mass is 19.1. The van der Waals surface area contributed by atoms with Crippen LogP contribution < -0.4 is 0 Å². The highest BCUT2D eigenvalue weighted by Crippen LogP contribution is 1.99. The van der Waals surface area contributed by atoms with Crippen molar-refractivity contribution in [2.24, 2.45) is 0 Å². The van der Waals surface area contributed by atoms with E-state index in [1.807, 2.05) is 0 Å². The Labute approximate surface area is 48.1 Å². The average Bonchev–Trinajstić information content (AvgIpc) is 1.84. The van der Waals surface area contributed by atoms with Crippen LogP contribution in [-0.4, -0.2) is 17.4 Å². The van der Waals surface area contributed by atoms with Gasteiger partial charge in [-0.2, -0.15) is 0 Å². The van der Waals surface area contributed by atoms with E-state index in [0.29, 0.717) is 0 Å². The van der Waals surface area contributed by atoms with Crippen LogP contribution in [0.2, 0.25) is 0 Å². The Kier molecular flexibility index (Phi) is 3.12. The molecule has 0 bridgehead atoms. The maximum absolute atomic E-state index is 12.1. The van der Waals surface area contributed by atoms with Crippen molar-refractivity contribution < 1.29 is 9.50 Å². The Balaban J connectivity index is 3.60. The van der Waals surface area contributed by atoms with Gasteiger partial charge in [0.2, 0.25) is 0 Å². The minimum absolute atomic E-state index is 1.03. The first kappa shape index (κ1) is 7.37. The molecule has 1 nitrogen and oxygen atoms in total. The molecule has 0 radical (unpaired) electrons. The molecule has 0 aliphatic heterocycles. The SMILES string of the molecule is C=CC(O)C(F)C=C. The van der Waals surface area contributed by atoms with Crippen LogP contribution in [0.15, 0.2) is 25.3 Å². The number of aliphatic hydroxyl groups excluding tert-OH is 1. The number of halogens is 1. The Hall–Kier alpha value is -0.630. The molecular formula is C6H9FO. The first-order valence-electron chi connectivity index (χ1n) is 2.29. The molecule has 1 N–H and O–H groups in total. The molecule has 0 aromatic carbocycles. The smallest absolute Gasteiger partial charge is 0.147 e. The van der Waals surface area contributed by atoms with Crippen molar-refractivity contribution in [3.63, 3.8) is 0 Å². The molecule has 0 rings (SSSR count). The minimum atomic E-state index is -1.38. The molecule has 0 spiro atoms. The van der Waals surface area contributed by atoms with E-state index in [0.717, 1.165) is 12.2 Å². The predicted molar refractivity (Wildman–Crippen MR) is 31.3 cm³/mol. The van der Waals surface area contributed by atoms with E-state index in [2.05, 4.69) is 13.2 Å². The standard InChI is InChI=1S/C6H9FO/c1-3-5(7)6(8)4-2/h3-6,8H,1-2H2. The van der Waals surface area contributed by atoms with Crippen LogP contribution in [0.5, 0.6) is 0 Å². The fraction of sp³-hybridized carbons (Fsp3) is 0.333. The summed E-state index contributed by atoms with van der Waals surface area (Å²) in [5.41, 5.74) is 0. The molecule has 8 heavy (non-hydrogen) atoms. The summed E-state index contributed by atoms with van der Waals surface area (Å²) in [7, 11) is 0. The largest absolute Gasteiger partial charge is 0.386 e. The van der Waals surface area contributed by atoms with Gasteiger partial charge in [0.05, 0.1) is 0 Å². The highest BCUT2D eigenvalue weighted by Gasteiger charge is 2.08. The average molecular weight is 116 g/mol. The van der Waals surface area contributed by atoms with Crippen molar-refractivity contribution in [1.29, 1.82) is 0 Å². The summed E-state index contributed by atoms with van der Waals surface area (Å²) in [6.45, 7) is 6.34. The zero-order chi connectivity index (χ0) is 6.57. The number of aliphatic hydroxyl groups is 1. The van der Waals surface area contributed by atoms with Crippen LogP contribution in [0.3, 0.4) is 0 Å². The molecule has 0 amide bonds. The lowest BCUT2D eigenvalue weighted by Gasteiger charge is -2.04. The van der Waals surface area contributed by atoms with Gasteiger partial charge in [-0.1, -0.05) is 12.2 Å². The van der Waals surface area contributed by atoms with E-state index >= 15 is 0 Å². The van der Waals surface area contributed by atoms with E-state index in [9.17, 15) is 4.39 Å². The Morgan fingerprint density at radius 1 is 1.38 bits per heavy atom. The lowest BCUT2D eigenvalue weighted by atomic mass is 10.2. The quantitative estimate of drug-likeness (QED) is 0.546. The Morgan fingerprint density at radius 2 is 1.88 bits per heavy atom. The molecule has 0 aliphatic rings. The first-order chi connectivity index (χ1) is 3.72. The normalized spacial score (nSPS) is 16.8. The highest BCUT2D eigenvalue weighted by molar-refractivity contribution is 4.93. The van der Waals surface area contributed by atoms with Gasteiger partial charge in [0.25, 0.3) is 0 Å². The Morgan fingerprint density at radius 3 is 2.00 bits per heavy atom. The second-order valence-electron chi connectivity index (χ2n) is 1.41. The summed E-state index contributed by atoms with van der Waals surface area (Å²) in [6.07, 6.45) is -0.321. The molecule has 2 unspecified atom stereocenters. The van der Waals surface area contributed by atoms with Gasteiger partial charge in [0.15, 0.2) is 0 Å². The van der Waals surface area contributed by atoms with E-state index in [1.54, 1.807) is 0 Å². The van der Waals surface area contributed by atoms with E-state index < -0.39 is 12.3 Å². The second-order valence-corrected chi connectivity index (χ2v) is 1.41. The maximum atomic E-state index is 12.1.